The van der Waals surface area contributed by atoms with Crippen molar-refractivity contribution < 1.29 is 18.9 Å². The van der Waals surface area contributed by atoms with Gasteiger partial charge in [0.15, 0.2) is 5.43 Å². The van der Waals surface area contributed by atoms with Crippen LogP contribution in [0.1, 0.15) is 63.1 Å². The van der Waals surface area contributed by atoms with Crippen LogP contribution in [0.4, 0.5) is 0 Å². The van der Waals surface area contributed by atoms with Crippen LogP contribution in [0.2, 0.25) is 0 Å². The predicted octanol–water partition coefficient (Wildman–Crippen LogP) is 6.50. The number of hydrogen-bond donors (Lipinski definition) is 0. The van der Waals surface area contributed by atoms with Crippen LogP contribution in [0.25, 0.3) is 10.9 Å². The van der Waals surface area contributed by atoms with E-state index >= 15 is 0 Å². The zero-order valence-corrected chi connectivity index (χ0v) is 29.0. The highest BCUT2D eigenvalue weighted by Gasteiger charge is 2.22. The van der Waals surface area contributed by atoms with Gasteiger partial charge in [-0.25, -0.2) is 0 Å². The minimum atomic E-state index is 0.113. The first kappa shape index (κ1) is 36.4. The standard InChI is InChI=1S/C27H41N3O4.C8H10O.C2H6/c1-4-16-33-24-19-23-22(8-5-6-17-34-23)25-26(24)30(20-21(2)27(25)31)10-7-9-28-11-13-29(14-12-28)15-18-32-3;1-7-3-5-8(9-2)6-4-7;1-2/h19-20H,4-18H2,1-3H3;3-6H,1-2H3;1-2H3. The lowest BCUT2D eigenvalue weighted by atomic mass is 9.99. The third-order valence-corrected chi connectivity index (χ3v) is 8.30. The Morgan fingerprint density at radius 2 is 1.58 bits per heavy atom. The minimum Gasteiger partial charge on any atom is -0.497 e. The number of benzene rings is 2. The van der Waals surface area contributed by atoms with Crippen molar-refractivity contribution in [1.82, 2.24) is 14.4 Å². The molecule has 2 aliphatic heterocycles. The number of nitrogens with zero attached hydrogens (tertiary/aromatic N) is 3. The van der Waals surface area contributed by atoms with E-state index in [9.17, 15) is 4.79 Å². The zero-order valence-electron chi connectivity index (χ0n) is 29.0. The van der Waals surface area contributed by atoms with Gasteiger partial charge in [-0.1, -0.05) is 38.5 Å². The van der Waals surface area contributed by atoms with Crippen molar-refractivity contribution >= 4 is 10.9 Å². The summed E-state index contributed by atoms with van der Waals surface area (Å²) >= 11 is 0. The van der Waals surface area contributed by atoms with E-state index in [1.54, 1.807) is 14.2 Å². The molecule has 1 aromatic heterocycles. The summed E-state index contributed by atoms with van der Waals surface area (Å²) in [4.78, 5) is 18.4. The van der Waals surface area contributed by atoms with Gasteiger partial charge in [0.25, 0.3) is 0 Å². The van der Waals surface area contributed by atoms with Crippen LogP contribution in [0.3, 0.4) is 0 Å². The van der Waals surface area contributed by atoms with Crippen molar-refractivity contribution in [3.05, 3.63) is 63.4 Å². The van der Waals surface area contributed by atoms with Gasteiger partial charge in [-0.3, -0.25) is 9.69 Å². The van der Waals surface area contributed by atoms with Gasteiger partial charge >= 0.3 is 0 Å². The molecule has 1 fully saturated rings. The number of piperazine rings is 1. The van der Waals surface area contributed by atoms with Gasteiger partial charge < -0.3 is 28.4 Å². The molecule has 0 aliphatic carbocycles. The summed E-state index contributed by atoms with van der Waals surface area (Å²) in [6.45, 7) is 19.6. The van der Waals surface area contributed by atoms with Gasteiger partial charge in [0, 0.05) is 69.8 Å². The van der Waals surface area contributed by atoms with Crippen molar-refractivity contribution in [2.24, 2.45) is 0 Å². The number of aryl methyl sites for hydroxylation is 4. The van der Waals surface area contributed by atoms with E-state index < -0.39 is 0 Å². The maximum Gasteiger partial charge on any atom is 0.192 e. The van der Waals surface area contributed by atoms with E-state index in [4.69, 9.17) is 18.9 Å². The predicted molar refractivity (Wildman–Crippen MR) is 186 cm³/mol. The molecule has 0 unspecified atom stereocenters. The molecule has 0 N–H and O–H groups in total. The molecule has 0 amide bonds. The fourth-order valence-electron chi connectivity index (χ4n) is 5.80. The van der Waals surface area contributed by atoms with Gasteiger partial charge in [0.05, 0.1) is 37.8 Å². The van der Waals surface area contributed by atoms with Crippen molar-refractivity contribution in [3.8, 4) is 17.2 Å². The normalized spacial score (nSPS) is 15.1. The highest BCUT2D eigenvalue weighted by Crippen LogP contribution is 2.37. The summed E-state index contributed by atoms with van der Waals surface area (Å²) in [7, 11) is 3.44. The lowest BCUT2D eigenvalue weighted by molar-refractivity contribution is 0.0959. The second kappa shape index (κ2) is 19.4. The molecule has 45 heavy (non-hydrogen) atoms. The topological polar surface area (TPSA) is 65.4 Å². The number of ether oxygens (including phenoxy) is 4. The van der Waals surface area contributed by atoms with E-state index in [2.05, 4.69) is 28.2 Å². The fraction of sp³-hybridized carbons (Fsp3) is 0.595. The number of fused-ring (bicyclic) bond motifs is 3. The molecule has 3 aromatic rings. The number of rotatable bonds is 11. The Morgan fingerprint density at radius 1 is 0.889 bits per heavy atom. The Balaban J connectivity index is 0.000000427. The van der Waals surface area contributed by atoms with Gasteiger partial charge in [-0.05, 0) is 64.6 Å². The lowest BCUT2D eigenvalue weighted by Gasteiger charge is -2.34. The molecule has 8 heteroatoms. The van der Waals surface area contributed by atoms with Crippen molar-refractivity contribution in [1.29, 1.82) is 0 Å². The molecular weight excluding hydrogens is 566 g/mol. The highest BCUT2D eigenvalue weighted by atomic mass is 16.5. The molecule has 0 radical (unpaired) electrons. The van der Waals surface area contributed by atoms with Crippen LogP contribution >= 0.6 is 0 Å². The van der Waals surface area contributed by atoms with Crippen LogP contribution in [-0.4, -0.2) is 87.7 Å². The summed E-state index contributed by atoms with van der Waals surface area (Å²) in [6, 6.07) is 9.99. The lowest BCUT2D eigenvalue weighted by Crippen LogP contribution is -2.47. The molecule has 0 saturated carbocycles. The number of pyridine rings is 1. The molecule has 1 saturated heterocycles. The molecule has 8 nitrogen and oxygen atoms in total. The van der Waals surface area contributed by atoms with Crippen molar-refractivity contribution in [2.75, 3.05) is 73.3 Å². The first-order chi connectivity index (χ1) is 21.9. The molecule has 2 aromatic carbocycles. The maximum atomic E-state index is 13.4. The maximum absolute atomic E-state index is 13.4. The first-order valence-corrected chi connectivity index (χ1v) is 16.9. The Kier molecular flexibility index (Phi) is 15.7. The van der Waals surface area contributed by atoms with Crippen LogP contribution in [0.15, 0.2) is 41.3 Å². The van der Waals surface area contributed by atoms with Gasteiger partial charge in [-0.15, -0.1) is 0 Å². The van der Waals surface area contributed by atoms with E-state index in [0.29, 0.717) is 13.2 Å². The molecule has 2 aliphatic rings. The van der Waals surface area contributed by atoms with Gasteiger partial charge in [0.2, 0.25) is 0 Å². The Labute approximate surface area is 271 Å². The third-order valence-electron chi connectivity index (χ3n) is 8.30. The summed E-state index contributed by atoms with van der Waals surface area (Å²) < 4.78 is 24.7. The Bertz CT molecular complexity index is 1350. The summed E-state index contributed by atoms with van der Waals surface area (Å²) in [5, 5.41) is 0.803. The molecule has 0 bridgehead atoms. The minimum absolute atomic E-state index is 0.113. The van der Waals surface area contributed by atoms with E-state index in [1.807, 2.05) is 57.3 Å². The largest absolute Gasteiger partial charge is 0.497 e. The number of methoxy groups -OCH3 is 2. The van der Waals surface area contributed by atoms with Crippen LogP contribution in [0.5, 0.6) is 17.2 Å². The molecule has 0 spiro atoms. The average molecular weight is 624 g/mol. The van der Waals surface area contributed by atoms with Crippen LogP contribution < -0.4 is 19.6 Å². The fourth-order valence-corrected chi connectivity index (χ4v) is 5.80. The quantitative estimate of drug-likeness (QED) is 0.242. The Hall–Kier alpha value is -3.07. The van der Waals surface area contributed by atoms with Gasteiger partial charge in [0.1, 0.15) is 17.2 Å². The van der Waals surface area contributed by atoms with Crippen molar-refractivity contribution in [2.45, 2.75) is 73.3 Å². The van der Waals surface area contributed by atoms with Crippen LogP contribution in [0, 0.1) is 13.8 Å². The van der Waals surface area contributed by atoms with E-state index in [-0.39, 0.29) is 5.43 Å². The van der Waals surface area contributed by atoms with Crippen LogP contribution in [-0.2, 0) is 17.7 Å². The Morgan fingerprint density at radius 3 is 2.22 bits per heavy atom. The average Bonchev–Trinajstić information content (AvgIpc) is 3.32. The second-order valence-corrected chi connectivity index (χ2v) is 11.6. The summed E-state index contributed by atoms with van der Waals surface area (Å²) in [5.41, 5.74) is 4.17. The second-order valence-electron chi connectivity index (χ2n) is 11.6. The summed E-state index contributed by atoms with van der Waals surface area (Å²) in [5.74, 6) is 2.53. The summed E-state index contributed by atoms with van der Waals surface area (Å²) in [6.07, 6.45) is 6.92. The van der Waals surface area contributed by atoms with E-state index in [1.165, 1.54) is 5.56 Å². The molecule has 0 atom stereocenters. The zero-order chi connectivity index (χ0) is 32.6. The smallest absolute Gasteiger partial charge is 0.192 e. The molecule has 3 heterocycles. The molecular formula is C37H57N3O5. The SMILES string of the molecule is CC.CCCOc1cc2c(c3c(=O)c(C)cn(CCCN4CCN(CCOC)CC4)c13)CCCCO2.COc1ccc(C)cc1. The number of aromatic nitrogens is 1. The molecule has 5 rings (SSSR count). The van der Waals surface area contributed by atoms with E-state index in [0.717, 1.165) is 124 Å². The highest BCUT2D eigenvalue weighted by molar-refractivity contribution is 5.91. The first-order valence-electron chi connectivity index (χ1n) is 16.9. The monoisotopic (exact) mass is 623 g/mol. The van der Waals surface area contributed by atoms with Gasteiger partial charge in [-0.2, -0.15) is 0 Å². The third kappa shape index (κ3) is 10.5. The van der Waals surface area contributed by atoms with Crippen molar-refractivity contribution in [3.63, 3.8) is 0 Å². The molecule has 250 valence electrons. The number of hydrogen-bond acceptors (Lipinski definition) is 7.